The summed E-state index contributed by atoms with van der Waals surface area (Å²) in [4.78, 5) is 0. The van der Waals surface area contributed by atoms with Gasteiger partial charge < -0.3 is 0 Å². The van der Waals surface area contributed by atoms with Crippen LogP contribution in [0.2, 0.25) is 0 Å². The quantitative estimate of drug-likeness (QED) is 0.517. The topological polar surface area (TPSA) is 9.23 Å². The van der Waals surface area contributed by atoms with Gasteiger partial charge in [-0.2, -0.15) is 4.18 Å². The molecule has 0 aromatic carbocycles. The Morgan fingerprint density at radius 3 is 2.50 bits per heavy atom. The van der Waals surface area contributed by atoms with Crippen molar-refractivity contribution in [2.75, 3.05) is 18.1 Å². The molecule has 0 saturated carbocycles. The summed E-state index contributed by atoms with van der Waals surface area (Å²) in [5, 5.41) is 0. The van der Waals surface area contributed by atoms with Crippen molar-refractivity contribution in [1.82, 2.24) is 0 Å². The molecule has 1 aliphatic rings. The normalized spacial score (nSPS) is 22.1. The molecule has 2 heteroatoms. The van der Waals surface area contributed by atoms with Gasteiger partial charge >= 0.3 is 0 Å². The molecule has 1 aliphatic heterocycles. The fourth-order valence-electron chi connectivity index (χ4n) is 0.913. The molecule has 1 nitrogen and oxygen atoms in total. The third-order valence-corrected chi connectivity index (χ3v) is 3.34. The summed E-state index contributed by atoms with van der Waals surface area (Å²) in [6.07, 6.45) is 2.78. The van der Waals surface area contributed by atoms with Gasteiger partial charge in [0, 0.05) is 0 Å². The lowest BCUT2D eigenvalue weighted by Gasteiger charge is -1.93. The van der Waals surface area contributed by atoms with Crippen molar-refractivity contribution in [2.24, 2.45) is 0 Å². The molecule has 0 amide bonds. The Hall–Kier alpha value is 0.310. The summed E-state index contributed by atoms with van der Waals surface area (Å²) < 4.78 is 5.43. The molecular formula is C6H13OS+. The molecule has 0 bridgehead atoms. The molecule has 0 spiro atoms. The highest BCUT2D eigenvalue weighted by Gasteiger charge is 2.24. The minimum atomic E-state index is 0.373. The monoisotopic (exact) mass is 133 g/mol. The van der Waals surface area contributed by atoms with Crippen molar-refractivity contribution in [3.05, 3.63) is 0 Å². The Morgan fingerprint density at radius 2 is 2.00 bits per heavy atom. The second-order valence-electron chi connectivity index (χ2n) is 1.96. The first kappa shape index (κ1) is 6.43. The lowest BCUT2D eigenvalue weighted by Crippen LogP contribution is -2.07. The Bertz CT molecular complexity index is 59.5. The van der Waals surface area contributed by atoms with Crippen LogP contribution in [0.3, 0.4) is 0 Å². The molecule has 1 heterocycles. The van der Waals surface area contributed by atoms with E-state index >= 15 is 0 Å². The molecule has 1 saturated heterocycles. The zero-order valence-corrected chi connectivity index (χ0v) is 6.17. The molecule has 0 radical (unpaired) electrons. The van der Waals surface area contributed by atoms with Crippen LogP contribution in [0.25, 0.3) is 0 Å². The molecule has 0 N–H and O–H groups in total. The van der Waals surface area contributed by atoms with E-state index in [0.717, 1.165) is 6.61 Å². The minimum Gasteiger partial charge on any atom is -0.174 e. The van der Waals surface area contributed by atoms with E-state index in [0.29, 0.717) is 11.2 Å². The maximum atomic E-state index is 5.43. The first-order chi connectivity index (χ1) is 3.93. The summed E-state index contributed by atoms with van der Waals surface area (Å²) in [5.41, 5.74) is 0. The van der Waals surface area contributed by atoms with E-state index in [-0.39, 0.29) is 0 Å². The van der Waals surface area contributed by atoms with Gasteiger partial charge in [-0.1, -0.05) is 0 Å². The maximum Gasteiger partial charge on any atom is 0.147 e. The molecular weight excluding hydrogens is 120 g/mol. The SMILES string of the molecule is CCO[S+]1CCCC1. The van der Waals surface area contributed by atoms with Gasteiger partial charge in [0.2, 0.25) is 0 Å². The van der Waals surface area contributed by atoms with Crippen LogP contribution in [0.1, 0.15) is 19.8 Å². The largest absolute Gasteiger partial charge is 0.174 e. The number of hydrogen-bond donors (Lipinski definition) is 0. The first-order valence-corrected chi connectivity index (χ1v) is 4.73. The summed E-state index contributed by atoms with van der Waals surface area (Å²) in [7, 11) is 0. The molecule has 0 atom stereocenters. The predicted octanol–water partition coefficient (Wildman–Crippen LogP) is 1.35. The summed E-state index contributed by atoms with van der Waals surface area (Å²) >= 11 is 0.373. The van der Waals surface area contributed by atoms with Gasteiger partial charge in [-0.3, -0.25) is 0 Å². The Kier molecular flexibility index (Phi) is 2.70. The highest BCUT2D eigenvalue weighted by atomic mass is 32.2. The first-order valence-electron chi connectivity index (χ1n) is 3.24. The van der Waals surface area contributed by atoms with Gasteiger partial charge in [-0.05, 0) is 19.8 Å². The van der Waals surface area contributed by atoms with Crippen molar-refractivity contribution >= 4 is 11.2 Å². The van der Waals surface area contributed by atoms with Crippen LogP contribution in [0.5, 0.6) is 0 Å². The number of hydrogen-bond acceptors (Lipinski definition) is 1. The highest BCUT2D eigenvalue weighted by Crippen LogP contribution is 2.13. The van der Waals surface area contributed by atoms with Crippen LogP contribution < -0.4 is 0 Å². The van der Waals surface area contributed by atoms with Crippen LogP contribution in [0.4, 0.5) is 0 Å². The zero-order chi connectivity index (χ0) is 5.82. The lowest BCUT2D eigenvalue weighted by atomic mass is 10.4. The minimum absolute atomic E-state index is 0.373. The maximum absolute atomic E-state index is 5.43. The van der Waals surface area contributed by atoms with Crippen LogP contribution in [-0.2, 0) is 15.4 Å². The number of rotatable bonds is 2. The summed E-state index contributed by atoms with van der Waals surface area (Å²) in [6, 6.07) is 0. The van der Waals surface area contributed by atoms with Gasteiger partial charge in [-0.15, -0.1) is 0 Å². The predicted molar refractivity (Wildman–Crippen MR) is 38.0 cm³/mol. The Morgan fingerprint density at radius 1 is 1.38 bits per heavy atom. The molecule has 0 aromatic heterocycles. The van der Waals surface area contributed by atoms with Gasteiger partial charge in [0.1, 0.15) is 29.3 Å². The average Bonchev–Trinajstić information content (AvgIpc) is 2.19. The van der Waals surface area contributed by atoms with E-state index in [9.17, 15) is 0 Å². The van der Waals surface area contributed by atoms with Gasteiger partial charge in [-0.25, -0.2) is 0 Å². The fourth-order valence-corrected chi connectivity index (χ4v) is 2.74. The summed E-state index contributed by atoms with van der Waals surface area (Å²) in [5.74, 6) is 2.65. The van der Waals surface area contributed by atoms with Crippen molar-refractivity contribution in [3.8, 4) is 0 Å². The van der Waals surface area contributed by atoms with E-state index in [1.807, 2.05) is 0 Å². The smallest absolute Gasteiger partial charge is 0.147 e. The highest BCUT2D eigenvalue weighted by molar-refractivity contribution is 7.92. The molecule has 48 valence electrons. The van der Waals surface area contributed by atoms with Crippen molar-refractivity contribution < 1.29 is 4.18 Å². The zero-order valence-electron chi connectivity index (χ0n) is 5.35. The molecule has 0 aromatic rings. The molecule has 0 unspecified atom stereocenters. The van der Waals surface area contributed by atoms with Crippen molar-refractivity contribution in [3.63, 3.8) is 0 Å². The van der Waals surface area contributed by atoms with E-state index < -0.39 is 0 Å². The third-order valence-electron chi connectivity index (χ3n) is 1.28. The van der Waals surface area contributed by atoms with Gasteiger partial charge in [0.25, 0.3) is 0 Å². The average molecular weight is 133 g/mol. The molecule has 8 heavy (non-hydrogen) atoms. The second kappa shape index (κ2) is 3.36. The second-order valence-corrected chi connectivity index (χ2v) is 3.89. The van der Waals surface area contributed by atoms with Gasteiger partial charge in [0.05, 0.1) is 0 Å². The standard InChI is InChI=1S/C6H13OS/c1-2-7-8-5-3-4-6-8/h2-6H2,1H3/q+1. The Balaban J connectivity index is 2.06. The van der Waals surface area contributed by atoms with Crippen LogP contribution in [-0.4, -0.2) is 18.1 Å². The van der Waals surface area contributed by atoms with Crippen molar-refractivity contribution in [2.45, 2.75) is 19.8 Å². The van der Waals surface area contributed by atoms with E-state index in [4.69, 9.17) is 4.18 Å². The van der Waals surface area contributed by atoms with Gasteiger partial charge in [0.15, 0.2) is 0 Å². The molecule has 1 fully saturated rings. The van der Waals surface area contributed by atoms with Crippen molar-refractivity contribution in [1.29, 1.82) is 0 Å². The lowest BCUT2D eigenvalue weighted by molar-refractivity contribution is 0.390. The fraction of sp³-hybridized carbons (Fsp3) is 1.00. The van der Waals surface area contributed by atoms with Crippen LogP contribution >= 0.6 is 0 Å². The Labute approximate surface area is 54.0 Å². The van der Waals surface area contributed by atoms with E-state index in [1.165, 1.54) is 24.3 Å². The third kappa shape index (κ3) is 1.67. The van der Waals surface area contributed by atoms with Crippen LogP contribution in [0.15, 0.2) is 0 Å². The van der Waals surface area contributed by atoms with Crippen LogP contribution in [0, 0.1) is 0 Å². The molecule has 1 rings (SSSR count). The van der Waals surface area contributed by atoms with E-state index in [2.05, 4.69) is 6.92 Å². The molecule has 0 aliphatic carbocycles. The summed E-state index contributed by atoms with van der Waals surface area (Å²) in [6.45, 7) is 2.98. The van der Waals surface area contributed by atoms with E-state index in [1.54, 1.807) is 0 Å².